The number of aromatic nitrogens is 2. The van der Waals surface area contributed by atoms with Gasteiger partial charge >= 0.3 is 0 Å². The summed E-state index contributed by atoms with van der Waals surface area (Å²) in [6.07, 6.45) is 1.93. The minimum Gasteiger partial charge on any atom is -0.360 e. The molecule has 0 fully saturated rings. The molecule has 0 unspecified atom stereocenters. The predicted molar refractivity (Wildman–Crippen MR) is 50.1 cm³/mol. The molecule has 0 amide bonds. The van der Waals surface area contributed by atoms with Gasteiger partial charge in [0.2, 0.25) is 0 Å². The van der Waals surface area contributed by atoms with E-state index in [2.05, 4.69) is 35.9 Å². The quantitative estimate of drug-likeness (QED) is 0.642. The van der Waals surface area contributed by atoms with Crippen molar-refractivity contribution in [2.24, 2.45) is 0 Å². The summed E-state index contributed by atoms with van der Waals surface area (Å²) in [5, 5.41) is 0. The summed E-state index contributed by atoms with van der Waals surface area (Å²) in [7, 11) is 0. The van der Waals surface area contributed by atoms with Crippen LogP contribution in [0.4, 0.5) is 0 Å². The number of H-pyrrole nitrogens is 2. The summed E-state index contributed by atoms with van der Waals surface area (Å²) in [6.45, 7) is 4.19. The van der Waals surface area contributed by atoms with Gasteiger partial charge in [0.25, 0.3) is 0 Å². The first-order valence-corrected chi connectivity index (χ1v) is 4.07. The number of aromatic amines is 2. The molecule has 0 saturated heterocycles. The first-order chi connectivity index (χ1) is 5.77. The smallest absolute Gasteiger partial charge is 0.0624 e. The van der Waals surface area contributed by atoms with E-state index in [0.29, 0.717) is 0 Å². The average molecular weight is 160 g/mol. The van der Waals surface area contributed by atoms with Crippen molar-refractivity contribution < 1.29 is 0 Å². The van der Waals surface area contributed by atoms with E-state index in [9.17, 15) is 0 Å². The van der Waals surface area contributed by atoms with Crippen molar-refractivity contribution in [2.75, 3.05) is 0 Å². The number of rotatable bonds is 1. The van der Waals surface area contributed by atoms with Crippen LogP contribution in [0.15, 0.2) is 24.4 Å². The lowest BCUT2D eigenvalue weighted by Crippen LogP contribution is -1.76. The van der Waals surface area contributed by atoms with E-state index in [-0.39, 0.29) is 0 Å². The summed E-state index contributed by atoms with van der Waals surface area (Å²) < 4.78 is 0. The van der Waals surface area contributed by atoms with Crippen LogP contribution in [0.5, 0.6) is 0 Å². The van der Waals surface area contributed by atoms with Crippen LogP contribution in [0, 0.1) is 13.8 Å². The monoisotopic (exact) mass is 160 g/mol. The van der Waals surface area contributed by atoms with Crippen LogP contribution >= 0.6 is 0 Å². The highest BCUT2D eigenvalue weighted by Crippen LogP contribution is 2.18. The second-order valence-electron chi connectivity index (χ2n) is 3.07. The van der Waals surface area contributed by atoms with Crippen molar-refractivity contribution >= 4 is 0 Å². The van der Waals surface area contributed by atoms with Crippen molar-refractivity contribution in [3.8, 4) is 11.4 Å². The number of aryl methyl sites for hydroxylation is 2. The second kappa shape index (κ2) is 2.55. The second-order valence-corrected chi connectivity index (χ2v) is 3.07. The highest BCUT2D eigenvalue weighted by molar-refractivity contribution is 5.56. The van der Waals surface area contributed by atoms with Crippen LogP contribution in [-0.2, 0) is 0 Å². The lowest BCUT2D eigenvalue weighted by Gasteiger charge is -1.90. The first-order valence-electron chi connectivity index (χ1n) is 4.07. The third kappa shape index (κ3) is 1.05. The van der Waals surface area contributed by atoms with Crippen LogP contribution in [0.25, 0.3) is 11.4 Å². The topological polar surface area (TPSA) is 31.6 Å². The van der Waals surface area contributed by atoms with Gasteiger partial charge in [-0.3, -0.25) is 0 Å². The lowest BCUT2D eigenvalue weighted by molar-refractivity contribution is 1.22. The average Bonchev–Trinajstić information content (AvgIpc) is 2.61. The van der Waals surface area contributed by atoms with Crippen LogP contribution < -0.4 is 0 Å². The molecular formula is C10H12N2. The Balaban J connectivity index is 2.48. The van der Waals surface area contributed by atoms with E-state index < -0.39 is 0 Å². The lowest BCUT2D eigenvalue weighted by atomic mass is 10.2. The Morgan fingerprint density at radius 2 is 2.00 bits per heavy atom. The summed E-state index contributed by atoms with van der Waals surface area (Å²) >= 11 is 0. The van der Waals surface area contributed by atoms with Crippen LogP contribution in [0.1, 0.15) is 11.3 Å². The minimum absolute atomic E-state index is 1.14. The zero-order valence-electron chi connectivity index (χ0n) is 7.31. The standard InChI is InChI=1S/C10H12N2/c1-7-6-10(12-8(7)2)9-4-3-5-11-9/h3-6,11-12H,1-2H3. The maximum absolute atomic E-state index is 3.32. The van der Waals surface area contributed by atoms with E-state index in [1.54, 1.807) is 0 Å². The molecule has 2 rings (SSSR count). The maximum Gasteiger partial charge on any atom is 0.0624 e. The van der Waals surface area contributed by atoms with Gasteiger partial charge < -0.3 is 9.97 Å². The van der Waals surface area contributed by atoms with Crippen LogP contribution in [-0.4, -0.2) is 9.97 Å². The Bertz CT molecular complexity index is 349. The molecule has 0 spiro atoms. The molecule has 2 N–H and O–H groups in total. The molecule has 0 atom stereocenters. The van der Waals surface area contributed by atoms with Gasteiger partial charge in [-0.1, -0.05) is 0 Å². The molecule has 2 nitrogen and oxygen atoms in total. The maximum atomic E-state index is 3.32. The van der Waals surface area contributed by atoms with Gasteiger partial charge in [-0.05, 0) is 37.6 Å². The van der Waals surface area contributed by atoms with Crippen LogP contribution in [0.3, 0.4) is 0 Å². The fourth-order valence-electron chi connectivity index (χ4n) is 1.30. The van der Waals surface area contributed by atoms with Crippen molar-refractivity contribution in [3.05, 3.63) is 35.7 Å². The highest BCUT2D eigenvalue weighted by atomic mass is 14.8. The fraction of sp³-hybridized carbons (Fsp3) is 0.200. The third-order valence-electron chi connectivity index (χ3n) is 2.16. The van der Waals surface area contributed by atoms with Gasteiger partial charge in [-0.25, -0.2) is 0 Å². The van der Waals surface area contributed by atoms with Gasteiger partial charge in [0.1, 0.15) is 0 Å². The number of nitrogens with one attached hydrogen (secondary N) is 2. The van der Waals surface area contributed by atoms with E-state index in [4.69, 9.17) is 0 Å². The van der Waals surface area contributed by atoms with Crippen LogP contribution in [0.2, 0.25) is 0 Å². The number of hydrogen-bond acceptors (Lipinski definition) is 0. The molecule has 62 valence electrons. The molecule has 2 aromatic heterocycles. The van der Waals surface area contributed by atoms with Crippen molar-refractivity contribution in [1.29, 1.82) is 0 Å². The summed E-state index contributed by atoms with van der Waals surface area (Å²) in [5.41, 5.74) is 4.85. The molecule has 2 aromatic rings. The summed E-state index contributed by atoms with van der Waals surface area (Å²) in [4.78, 5) is 6.48. The summed E-state index contributed by atoms with van der Waals surface area (Å²) in [6, 6.07) is 6.22. The van der Waals surface area contributed by atoms with Gasteiger partial charge in [0.15, 0.2) is 0 Å². The van der Waals surface area contributed by atoms with Gasteiger partial charge in [0, 0.05) is 11.9 Å². The van der Waals surface area contributed by atoms with E-state index in [1.807, 2.05) is 12.3 Å². The van der Waals surface area contributed by atoms with Crippen molar-refractivity contribution in [2.45, 2.75) is 13.8 Å². The zero-order chi connectivity index (χ0) is 8.55. The molecule has 0 aliphatic carbocycles. The molecular weight excluding hydrogens is 148 g/mol. The third-order valence-corrected chi connectivity index (χ3v) is 2.16. The molecule has 0 aliphatic heterocycles. The fourth-order valence-corrected chi connectivity index (χ4v) is 1.30. The molecule has 2 heteroatoms. The largest absolute Gasteiger partial charge is 0.360 e. The summed E-state index contributed by atoms with van der Waals surface area (Å²) in [5.74, 6) is 0. The SMILES string of the molecule is Cc1cc(-c2ccc[nH]2)[nH]c1C. The normalized spacial score (nSPS) is 10.5. The Hall–Kier alpha value is -1.44. The van der Waals surface area contributed by atoms with Gasteiger partial charge in [-0.2, -0.15) is 0 Å². The van der Waals surface area contributed by atoms with Gasteiger partial charge in [-0.15, -0.1) is 0 Å². The van der Waals surface area contributed by atoms with E-state index in [1.165, 1.54) is 11.3 Å². The van der Waals surface area contributed by atoms with Gasteiger partial charge in [0.05, 0.1) is 11.4 Å². The molecule has 0 aliphatic rings. The Kier molecular flexibility index (Phi) is 1.54. The molecule has 0 saturated carbocycles. The predicted octanol–water partition coefficient (Wildman–Crippen LogP) is 2.63. The van der Waals surface area contributed by atoms with Crippen molar-refractivity contribution in [1.82, 2.24) is 9.97 Å². The molecule has 0 aromatic carbocycles. The molecule has 2 heterocycles. The molecule has 0 radical (unpaired) electrons. The Morgan fingerprint density at radius 3 is 2.50 bits per heavy atom. The molecule has 12 heavy (non-hydrogen) atoms. The van der Waals surface area contributed by atoms with E-state index >= 15 is 0 Å². The number of hydrogen-bond donors (Lipinski definition) is 2. The Morgan fingerprint density at radius 1 is 1.17 bits per heavy atom. The first kappa shape index (κ1) is 7.22. The Labute approximate surface area is 71.6 Å². The highest BCUT2D eigenvalue weighted by Gasteiger charge is 2.02. The minimum atomic E-state index is 1.14. The molecule has 0 bridgehead atoms. The van der Waals surface area contributed by atoms with E-state index in [0.717, 1.165) is 11.4 Å². The van der Waals surface area contributed by atoms with Crippen molar-refractivity contribution in [3.63, 3.8) is 0 Å². The zero-order valence-corrected chi connectivity index (χ0v) is 7.31.